The van der Waals surface area contributed by atoms with Gasteiger partial charge in [0.15, 0.2) is 0 Å². The molecular weight excluding hydrogens is 278 g/mol. The zero-order chi connectivity index (χ0) is 13.9. The number of carboxylic acid groups (broad SMARTS) is 1. The molecule has 0 saturated carbocycles. The summed E-state index contributed by atoms with van der Waals surface area (Å²) in [6, 6.07) is 0.931. The minimum absolute atomic E-state index is 0.175. The highest BCUT2D eigenvalue weighted by Crippen LogP contribution is 2.25. The van der Waals surface area contributed by atoms with Gasteiger partial charge in [-0.1, -0.05) is 0 Å². The molecule has 18 heavy (non-hydrogen) atoms. The van der Waals surface area contributed by atoms with Crippen LogP contribution in [0.15, 0.2) is 16.3 Å². The quantitative estimate of drug-likeness (QED) is 0.849. The zero-order valence-corrected chi connectivity index (χ0v) is 11.9. The van der Waals surface area contributed by atoms with E-state index in [2.05, 4.69) is 0 Å². The molecule has 102 valence electrons. The Kier molecular flexibility index (Phi) is 4.85. The molecule has 0 aliphatic carbocycles. The van der Waals surface area contributed by atoms with Crippen LogP contribution < -0.4 is 0 Å². The lowest BCUT2D eigenvalue weighted by molar-refractivity contribution is 0.0698. The molecule has 1 N–H and O–H groups in total. The third kappa shape index (κ3) is 2.89. The second-order valence-electron chi connectivity index (χ2n) is 3.74. The second-order valence-corrected chi connectivity index (χ2v) is 6.63. The van der Waals surface area contributed by atoms with Gasteiger partial charge in [-0.05, 0) is 18.4 Å². The van der Waals surface area contributed by atoms with E-state index < -0.39 is 16.0 Å². The van der Waals surface area contributed by atoms with Gasteiger partial charge in [-0.15, -0.1) is 11.3 Å². The van der Waals surface area contributed by atoms with Gasteiger partial charge < -0.3 is 9.84 Å². The van der Waals surface area contributed by atoms with Gasteiger partial charge in [-0.2, -0.15) is 4.31 Å². The summed E-state index contributed by atoms with van der Waals surface area (Å²) >= 11 is 0.890. The van der Waals surface area contributed by atoms with Crippen LogP contribution in [0.3, 0.4) is 0 Å². The lowest BCUT2D eigenvalue weighted by Crippen LogP contribution is -2.38. The van der Waals surface area contributed by atoms with Crippen molar-refractivity contribution in [1.82, 2.24) is 4.31 Å². The summed E-state index contributed by atoms with van der Waals surface area (Å²) in [7, 11) is -0.928. The maximum Gasteiger partial charge on any atom is 0.347 e. The summed E-state index contributed by atoms with van der Waals surface area (Å²) in [4.78, 5) is 10.6. The van der Waals surface area contributed by atoms with Gasteiger partial charge in [0.1, 0.15) is 9.77 Å². The number of carboxylic acids is 1. The summed E-state index contributed by atoms with van der Waals surface area (Å²) in [5, 5.41) is 10.4. The molecule has 0 saturated heterocycles. The maximum atomic E-state index is 12.2. The van der Waals surface area contributed by atoms with E-state index in [1.165, 1.54) is 25.6 Å². The van der Waals surface area contributed by atoms with Crippen LogP contribution in [0.1, 0.15) is 16.6 Å². The van der Waals surface area contributed by atoms with Crippen LogP contribution >= 0.6 is 11.3 Å². The molecule has 0 aromatic carbocycles. The molecule has 1 heterocycles. The van der Waals surface area contributed by atoms with Crippen LogP contribution in [-0.4, -0.2) is 50.6 Å². The van der Waals surface area contributed by atoms with E-state index in [4.69, 9.17) is 9.84 Å². The Hall–Kier alpha value is -0.960. The van der Waals surface area contributed by atoms with E-state index in [0.29, 0.717) is 0 Å². The molecule has 0 aliphatic rings. The number of aromatic carboxylic acids is 1. The van der Waals surface area contributed by atoms with Gasteiger partial charge >= 0.3 is 5.97 Å². The van der Waals surface area contributed by atoms with Crippen molar-refractivity contribution in [3.8, 4) is 0 Å². The van der Waals surface area contributed by atoms with Gasteiger partial charge in [-0.3, -0.25) is 0 Å². The minimum Gasteiger partial charge on any atom is -0.477 e. The maximum absolute atomic E-state index is 12.2. The Morgan fingerprint density at radius 1 is 1.61 bits per heavy atom. The normalized spacial score (nSPS) is 13.8. The minimum atomic E-state index is -3.81. The van der Waals surface area contributed by atoms with Crippen LogP contribution in [0.5, 0.6) is 0 Å². The average Bonchev–Trinajstić information content (AvgIpc) is 2.77. The summed E-state index contributed by atoms with van der Waals surface area (Å²) in [6.07, 6.45) is 0. The predicted molar refractivity (Wildman–Crippen MR) is 67.6 cm³/mol. The highest BCUT2D eigenvalue weighted by Gasteiger charge is 2.30. The Labute approximate surface area is 110 Å². The van der Waals surface area contributed by atoms with Crippen molar-refractivity contribution in [3.63, 3.8) is 0 Å². The first-order valence-electron chi connectivity index (χ1n) is 5.10. The molecule has 1 unspecified atom stereocenters. The van der Waals surface area contributed by atoms with Gasteiger partial charge in [0.2, 0.25) is 10.0 Å². The van der Waals surface area contributed by atoms with Crippen molar-refractivity contribution >= 4 is 27.3 Å². The van der Waals surface area contributed by atoms with Crippen molar-refractivity contribution in [2.24, 2.45) is 0 Å². The molecule has 0 fully saturated rings. The number of rotatable bonds is 6. The third-order valence-corrected chi connectivity index (χ3v) is 5.55. The molecule has 1 aromatic heterocycles. The average molecular weight is 293 g/mol. The van der Waals surface area contributed by atoms with Crippen LogP contribution in [0.4, 0.5) is 0 Å². The molecule has 0 amide bonds. The van der Waals surface area contributed by atoms with Gasteiger partial charge in [0, 0.05) is 20.2 Å². The Balaban J connectivity index is 3.13. The highest BCUT2D eigenvalue weighted by atomic mass is 32.2. The third-order valence-electron chi connectivity index (χ3n) is 2.51. The molecule has 1 aromatic rings. The topological polar surface area (TPSA) is 83.9 Å². The number of nitrogens with zero attached hydrogens (tertiary/aromatic N) is 1. The Morgan fingerprint density at radius 3 is 2.72 bits per heavy atom. The van der Waals surface area contributed by atoms with E-state index in [0.717, 1.165) is 15.6 Å². The van der Waals surface area contributed by atoms with Crippen LogP contribution in [0.2, 0.25) is 0 Å². The van der Waals surface area contributed by atoms with Gasteiger partial charge in [0.25, 0.3) is 0 Å². The van der Waals surface area contributed by atoms with Crippen molar-refractivity contribution < 1.29 is 23.1 Å². The molecule has 0 aliphatic heterocycles. The lowest BCUT2D eigenvalue weighted by Gasteiger charge is -2.23. The molecular formula is C10H15NO5S2. The molecule has 1 atom stereocenters. The summed E-state index contributed by atoms with van der Waals surface area (Å²) < 4.78 is 30.5. The number of methoxy groups -OCH3 is 1. The molecule has 1 rings (SSSR count). The molecule has 0 radical (unpaired) electrons. The van der Waals surface area contributed by atoms with Crippen molar-refractivity contribution in [2.75, 3.05) is 20.8 Å². The molecule has 8 heteroatoms. The Morgan fingerprint density at radius 2 is 2.22 bits per heavy atom. The van der Waals surface area contributed by atoms with Gasteiger partial charge in [0.05, 0.1) is 6.61 Å². The fourth-order valence-corrected chi connectivity index (χ4v) is 3.97. The summed E-state index contributed by atoms with van der Waals surface area (Å²) in [5.41, 5.74) is 0. The highest BCUT2D eigenvalue weighted by molar-refractivity contribution is 7.89. The number of sulfonamides is 1. The van der Waals surface area contributed by atoms with Crippen LogP contribution in [0, 0.1) is 0 Å². The SMILES string of the molecule is COCC(C)N(C)S(=O)(=O)c1ccsc1C(=O)O. The fraction of sp³-hybridized carbons (Fsp3) is 0.500. The second kappa shape index (κ2) is 5.79. The summed E-state index contributed by atoms with van der Waals surface area (Å²) in [6.45, 7) is 1.93. The Bertz CT molecular complexity index is 522. The first-order valence-corrected chi connectivity index (χ1v) is 7.42. The van der Waals surface area contributed by atoms with E-state index in [1.807, 2.05) is 0 Å². The zero-order valence-electron chi connectivity index (χ0n) is 10.3. The number of likely N-dealkylation sites (N-methyl/N-ethyl adjacent to an activating group) is 1. The molecule has 0 spiro atoms. The fourth-order valence-electron chi connectivity index (χ4n) is 1.39. The van der Waals surface area contributed by atoms with Crippen LogP contribution in [0.25, 0.3) is 0 Å². The number of thiophene rings is 1. The number of hydrogen-bond acceptors (Lipinski definition) is 5. The number of ether oxygens (including phenoxy) is 1. The number of carbonyl (C=O) groups is 1. The monoisotopic (exact) mass is 293 g/mol. The first-order chi connectivity index (χ1) is 8.32. The number of hydrogen-bond donors (Lipinski definition) is 1. The van der Waals surface area contributed by atoms with E-state index >= 15 is 0 Å². The lowest BCUT2D eigenvalue weighted by atomic mass is 10.4. The van der Waals surface area contributed by atoms with Crippen molar-refractivity contribution in [3.05, 3.63) is 16.3 Å². The van der Waals surface area contributed by atoms with Crippen molar-refractivity contribution in [1.29, 1.82) is 0 Å². The smallest absolute Gasteiger partial charge is 0.347 e. The largest absolute Gasteiger partial charge is 0.477 e. The van der Waals surface area contributed by atoms with Crippen LogP contribution in [-0.2, 0) is 14.8 Å². The van der Waals surface area contributed by atoms with E-state index in [9.17, 15) is 13.2 Å². The van der Waals surface area contributed by atoms with E-state index in [-0.39, 0.29) is 22.4 Å². The standard InChI is InChI=1S/C10H15NO5S2/c1-7(6-16-3)11(2)18(14,15)8-4-5-17-9(8)10(12)13/h4-5,7H,6H2,1-3H3,(H,12,13). The predicted octanol–water partition coefficient (Wildman–Crippen LogP) is 1.10. The van der Waals surface area contributed by atoms with Crippen molar-refractivity contribution in [2.45, 2.75) is 17.9 Å². The molecule has 0 bridgehead atoms. The summed E-state index contributed by atoms with van der Waals surface area (Å²) in [5.74, 6) is -1.24. The first kappa shape index (κ1) is 15.1. The van der Waals surface area contributed by atoms with E-state index in [1.54, 1.807) is 6.92 Å². The van der Waals surface area contributed by atoms with Gasteiger partial charge in [-0.25, -0.2) is 13.2 Å². The molecule has 6 nitrogen and oxygen atoms in total.